The third-order valence-corrected chi connectivity index (χ3v) is 2.63. The molecule has 0 bridgehead atoms. The van der Waals surface area contributed by atoms with Gasteiger partial charge in [-0.05, 0) is 26.2 Å². The molecule has 0 aliphatic carbocycles. The highest BCUT2D eigenvalue weighted by Gasteiger charge is 2.23. The highest BCUT2D eigenvalue weighted by Crippen LogP contribution is 2.19. The van der Waals surface area contributed by atoms with Crippen molar-refractivity contribution < 1.29 is 9.21 Å². The van der Waals surface area contributed by atoms with Gasteiger partial charge in [-0.1, -0.05) is 20.8 Å². The van der Waals surface area contributed by atoms with E-state index in [9.17, 15) is 4.79 Å². The molecule has 0 fully saturated rings. The molecule has 1 amide bonds. The first-order chi connectivity index (χ1) is 7.82. The normalized spacial score (nSPS) is 13.8. The topological polar surface area (TPSA) is 45.5 Å². The number of rotatable bonds is 4. The molecule has 4 nitrogen and oxygen atoms in total. The highest BCUT2D eigenvalue weighted by molar-refractivity contribution is 5.81. The zero-order valence-electron chi connectivity index (χ0n) is 11.3. The average Bonchev–Trinajstić information content (AvgIpc) is 2.69. The van der Waals surface area contributed by atoms with Crippen LogP contribution in [0.25, 0.3) is 0 Å². The van der Waals surface area contributed by atoms with Crippen LogP contribution in [0, 0.1) is 5.41 Å². The molecule has 0 saturated heterocycles. The molecule has 1 aromatic rings. The molecule has 1 N–H and O–H groups in total. The second-order valence-corrected chi connectivity index (χ2v) is 5.45. The molecular formula is C13H22N2O2. The van der Waals surface area contributed by atoms with Gasteiger partial charge in [0.1, 0.15) is 5.76 Å². The monoisotopic (exact) mass is 238 g/mol. The van der Waals surface area contributed by atoms with E-state index in [-0.39, 0.29) is 17.4 Å². The summed E-state index contributed by atoms with van der Waals surface area (Å²) in [7, 11) is 3.94. The first kappa shape index (κ1) is 13.8. The number of hydrogen-bond acceptors (Lipinski definition) is 3. The Morgan fingerprint density at radius 1 is 1.47 bits per heavy atom. The van der Waals surface area contributed by atoms with Crippen LogP contribution >= 0.6 is 0 Å². The molecule has 96 valence electrons. The molecule has 17 heavy (non-hydrogen) atoms. The summed E-state index contributed by atoms with van der Waals surface area (Å²) in [5, 5.41) is 2.95. The molecule has 1 rings (SSSR count). The number of carbonyl (C=O) groups excluding carboxylic acids is 1. The van der Waals surface area contributed by atoms with E-state index in [4.69, 9.17) is 4.42 Å². The SMILES string of the molecule is CN(C)[C@@H](CNC(=O)C(C)(C)C)c1ccco1. The number of furan rings is 1. The fourth-order valence-electron chi connectivity index (χ4n) is 1.47. The average molecular weight is 238 g/mol. The van der Waals surface area contributed by atoms with E-state index in [1.807, 2.05) is 51.9 Å². The second-order valence-electron chi connectivity index (χ2n) is 5.45. The van der Waals surface area contributed by atoms with Crippen LogP contribution < -0.4 is 5.32 Å². The van der Waals surface area contributed by atoms with E-state index in [0.29, 0.717) is 6.54 Å². The summed E-state index contributed by atoms with van der Waals surface area (Å²) >= 11 is 0. The Bertz CT molecular complexity index is 350. The van der Waals surface area contributed by atoms with Gasteiger partial charge in [0.25, 0.3) is 0 Å². The van der Waals surface area contributed by atoms with Gasteiger partial charge in [-0.3, -0.25) is 9.69 Å². The number of amides is 1. The smallest absolute Gasteiger partial charge is 0.225 e. The Hall–Kier alpha value is -1.29. The number of nitrogens with one attached hydrogen (secondary N) is 1. The van der Waals surface area contributed by atoms with E-state index >= 15 is 0 Å². The summed E-state index contributed by atoms with van der Waals surface area (Å²) in [4.78, 5) is 13.8. The third-order valence-electron chi connectivity index (χ3n) is 2.63. The summed E-state index contributed by atoms with van der Waals surface area (Å²) in [6, 6.07) is 3.85. The Kier molecular flexibility index (Phi) is 4.34. The number of nitrogens with zero attached hydrogens (tertiary/aromatic N) is 1. The maximum Gasteiger partial charge on any atom is 0.225 e. The molecule has 0 unspecified atom stereocenters. The van der Waals surface area contributed by atoms with Crippen molar-refractivity contribution in [3.05, 3.63) is 24.2 Å². The summed E-state index contributed by atoms with van der Waals surface area (Å²) in [5.74, 6) is 0.917. The maximum atomic E-state index is 11.8. The van der Waals surface area contributed by atoms with Gasteiger partial charge >= 0.3 is 0 Å². The summed E-state index contributed by atoms with van der Waals surface area (Å²) in [6.45, 7) is 6.26. The molecule has 0 radical (unpaired) electrons. The van der Waals surface area contributed by atoms with Crippen molar-refractivity contribution in [1.29, 1.82) is 0 Å². The van der Waals surface area contributed by atoms with Gasteiger partial charge in [0, 0.05) is 12.0 Å². The lowest BCUT2D eigenvalue weighted by molar-refractivity contribution is -0.128. The largest absolute Gasteiger partial charge is 0.468 e. The van der Waals surface area contributed by atoms with Crippen molar-refractivity contribution in [2.24, 2.45) is 5.41 Å². The van der Waals surface area contributed by atoms with Crippen molar-refractivity contribution in [2.75, 3.05) is 20.6 Å². The van der Waals surface area contributed by atoms with Gasteiger partial charge in [-0.25, -0.2) is 0 Å². The van der Waals surface area contributed by atoms with Crippen molar-refractivity contribution in [3.63, 3.8) is 0 Å². The zero-order chi connectivity index (χ0) is 13.1. The predicted molar refractivity (Wildman–Crippen MR) is 67.6 cm³/mol. The zero-order valence-corrected chi connectivity index (χ0v) is 11.3. The van der Waals surface area contributed by atoms with Gasteiger partial charge in [-0.2, -0.15) is 0 Å². The van der Waals surface area contributed by atoms with Gasteiger partial charge in [0.05, 0.1) is 12.3 Å². The van der Waals surface area contributed by atoms with Gasteiger partial charge < -0.3 is 9.73 Å². The Morgan fingerprint density at radius 2 is 2.12 bits per heavy atom. The molecule has 0 aliphatic heterocycles. The third kappa shape index (κ3) is 3.89. The molecule has 0 aromatic carbocycles. The lowest BCUT2D eigenvalue weighted by atomic mass is 9.95. The second kappa shape index (κ2) is 5.36. The minimum Gasteiger partial charge on any atom is -0.468 e. The van der Waals surface area contributed by atoms with Crippen LogP contribution in [0.4, 0.5) is 0 Å². The lowest BCUT2D eigenvalue weighted by Crippen LogP contribution is -2.40. The van der Waals surface area contributed by atoms with Crippen molar-refractivity contribution in [2.45, 2.75) is 26.8 Å². The minimum atomic E-state index is -0.361. The molecule has 1 aromatic heterocycles. The summed E-state index contributed by atoms with van der Waals surface area (Å²) < 4.78 is 5.38. The van der Waals surface area contributed by atoms with Crippen LogP contribution in [0.3, 0.4) is 0 Å². The minimum absolute atomic E-state index is 0.0518. The Labute approximate surface area is 103 Å². The van der Waals surface area contributed by atoms with E-state index in [1.165, 1.54) is 0 Å². The van der Waals surface area contributed by atoms with E-state index in [2.05, 4.69) is 5.32 Å². The van der Waals surface area contributed by atoms with E-state index < -0.39 is 0 Å². The lowest BCUT2D eigenvalue weighted by Gasteiger charge is -2.25. The van der Waals surface area contributed by atoms with Crippen LogP contribution in [0.5, 0.6) is 0 Å². The van der Waals surface area contributed by atoms with Crippen LogP contribution in [0.15, 0.2) is 22.8 Å². The fourth-order valence-corrected chi connectivity index (χ4v) is 1.47. The molecular weight excluding hydrogens is 216 g/mol. The molecule has 0 spiro atoms. The fraction of sp³-hybridized carbons (Fsp3) is 0.615. The molecule has 1 atom stereocenters. The summed E-state index contributed by atoms with van der Waals surface area (Å²) in [6.07, 6.45) is 1.65. The molecule has 4 heteroatoms. The van der Waals surface area contributed by atoms with Gasteiger partial charge in [0.2, 0.25) is 5.91 Å². The maximum absolute atomic E-state index is 11.8. The van der Waals surface area contributed by atoms with E-state index in [0.717, 1.165) is 5.76 Å². The first-order valence-electron chi connectivity index (χ1n) is 5.80. The Balaban J connectivity index is 2.61. The van der Waals surface area contributed by atoms with Crippen LogP contribution in [0.1, 0.15) is 32.6 Å². The Morgan fingerprint density at radius 3 is 2.53 bits per heavy atom. The van der Waals surface area contributed by atoms with Crippen LogP contribution in [-0.2, 0) is 4.79 Å². The summed E-state index contributed by atoms with van der Waals surface area (Å²) in [5.41, 5.74) is -0.361. The quantitative estimate of drug-likeness (QED) is 0.873. The van der Waals surface area contributed by atoms with Gasteiger partial charge in [-0.15, -0.1) is 0 Å². The first-order valence-corrected chi connectivity index (χ1v) is 5.80. The molecule has 1 heterocycles. The van der Waals surface area contributed by atoms with Crippen molar-refractivity contribution in [3.8, 4) is 0 Å². The van der Waals surface area contributed by atoms with E-state index in [1.54, 1.807) is 6.26 Å². The highest BCUT2D eigenvalue weighted by atomic mass is 16.3. The number of hydrogen-bond donors (Lipinski definition) is 1. The van der Waals surface area contributed by atoms with Crippen molar-refractivity contribution >= 4 is 5.91 Å². The predicted octanol–water partition coefficient (Wildman–Crippen LogP) is 2.04. The van der Waals surface area contributed by atoms with Crippen molar-refractivity contribution in [1.82, 2.24) is 10.2 Å². The van der Waals surface area contributed by atoms with Crippen LogP contribution in [-0.4, -0.2) is 31.4 Å². The molecule has 0 saturated carbocycles. The molecule has 0 aliphatic rings. The number of carbonyl (C=O) groups is 1. The standard InChI is InChI=1S/C13H22N2O2/c1-13(2,3)12(16)14-9-10(15(4)5)11-7-6-8-17-11/h6-8,10H,9H2,1-5H3,(H,14,16)/t10-/m0/s1. The van der Waals surface area contributed by atoms with Crippen LogP contribution in [0.2, 0.25) is 0 Å². The number of likely N-dealkylation sites (N-methyl/N-ethyl adjacent to an activating group) is 1. The van der Waals surface area contributed by atoms with Gasteiger partial charge in [0.15, 0.2) is 0 Å².